The van der Waals surface area contributed by atoms with Crippen LogP contribution in [0.5, 0.6) is 0 Å². The van der Waals surface area contributed by atoms with Gasteiger partial charge < -0.3 is 9.47 Å². The molecule has 1 heterocycles. The normalized spacial score (nSPS) is 17.9. The van der Waals surface area contributed by atoms with Crippen LogP contribution >= 0.6 is 23.5 Å². The summed E-state index contributed by atoms with van der Waals surface area (Å²) in [4.78, 5) is 0.199. The highest BCUT2D eigenvalue weighted by Gasteiger charge is 2.40. The van der Waals surface area contributed by atoms with Gasteiger partial charge in [-0.05, 0) is 88.3 Å². The highest BCUT2D eigenvalue weighted by atomic mass is 32.2. The van der Waals surface area contributed by atoms with Gasteiger partial charge in [-0.25, -0.2) is 0 Å². The lowest BCUT2D eigenvalue weighted by Gasteiger charge is -2.28. The van der Waals surface area contributed by atoms with Crippen LogP contribution in [-0.4, -0.2) is 50.1 Å². The summed E-state index contributed by atoms with van der Waals surface area (Å²) < 4.78 is 43.8. The highest BCUT2D eigenvalue weighted by molar-refractivity contribution is 8.15. The average molecular weight is 795 g/mol. The van der Waals surface area contributed by atoms with Gasteiger partial charge in [0.1, 0.15) is 0 Å². The summed E-state index contributed by atoms with van der Waals surface area (Å²) in [7, 11) is -3.78. The van der Waals surface area contributed by atoms with Gasteiger partial charge in [0.05, 0.1) is 24.2 Å². The molecule has 1 aliphatic heterocycles. The van der Waals surface area contributed by atoms with Gasteiger partial charge in [-0.2, -0.15) is 31.9 Å². The van der Waals surface area contributed by atoms with E-state index in [1.54, 1.807) is 24.3 Å². The molecule has 5 nitrogen and oxygen atoms in total. The van der Waals surface area contributed by atoms with Gasteiger partial charge in [-0.1, -0.05) is 139 Å². The van der Waals surface area contributed by atoms with Crippen molar-refractivity contribution in [1.29, 1.82) is 0 Å². The Morgan fingerprint density at radius 1 is 0.698 bits per heavy atom. The summed E-state index contributed by atoms with van der Waals surface area (Å²) in [6, 6.07) is 6.80. The predicted octanol–water partition coefficient (Wildman–Crippen LogP) is 14.1. The van der Waals surface area contributed by atoms with Crippen LogP contribution in [0.4, 0.5) is 0 Å². The minimum absolute atomic E-state index is 0.0988. The first-order chi connectivity index (χ1) is 25.9. The van der Waals surface area contributed by atoms with Crippen LogP contribution in [0.1, 0.15) is 180 Å². The van der Waals surface area contributed by atoms with E-state index in [1.165, 1.54) is 139 Å². The van der Waals surface area contributed by atoms with Gasteiger partial charge in [0.25, 0.3) is 10.1 Å². The molecule has 1 fully saturated rings. The van der Waals surface area contributed by atoms with Crippen molar-refractivity contribution >= 4 is 33.6 Å². The van der Waals surface area contributed by atoms with Crippen LogP contribution in [0.2, 0.25) is 0 Å². The number of allylic oxidation sites excluding steroid dienone is 4. The first kappa shape index (κ1) is 48.4. The molecular weight excluding hydrogens is 717 g/mol. The van der Waals surface area contributed by atoms with Crippen LogP contribution in [-0.2, 0) is 23.8 Å². The molecule has 1 aromatic carbocycles. The number of hydrogen-bond donors (Lipinski definition) is 0. The Kier molecular flexibility index (Phi) is 29.5. The molecule has 2 rings (SSSR count). The van der Waals surface area contributed by atoms with Crippen molar-refractivity contribution in [3.63, 3.8) is 0 Å². The molecule has 0 aliphatic carbocycles. The van der Waals surface area contributed by atoms with E-state index in [0.717, 1.165) is 37.7 Å². The Balaban J connectivity index is 1.65. The van der Waals surface area contributed by atoms with Gasteiger partial charge in [-0.3, -0.25) is 4.18 Å². The van der Waals surface area contributed by atoms with Crippen LogP contribution in [0, 0.1) is 6.92 Å². The molecule has 0 radical (unpaired) electrons. The van der Waals surface area contributed by atoms with Crippen molar-refractivity contribution in [3.05, 3.63) is 54.1 Å². The molecule has 1 aliphatic rings. The van der Waals surface area contributed by atoms with Crippen LogP contribution in [0.3, 0.4) is 0 Å². The van der Waals surface area contributed by atoms with E-state index in [1.807, 2.05) is 6.92 Å². The van der Waals surface area contributed by atoms with Crippen molar-refractivity contribution in [2.75, 3.05) is 29.8 Å². The zero-order chi connectivity index (χ0) is 38.1. The second-order valence-corrected chi connectivity index (χ2v) is 19.2. The van der Waals surface area contributed by atoms with Gasteiger partial charge in [-0.15, -0.1) is 0 Å². The van der Waals surface area contributed by atoms with Crippen molar-refractivity contribution < 1.29 is 22.1 Å². The lowest BCUT2D eigenvalue weighted by molar-refractivity contribution is -0.180. The fourth-order valence-electron chi connectivity index (χ4n) is 6.70. The molecule has 0 amide bonds. The SMILES string of the molecule is CCCCC/C=C\C/C=C\CCCCCCCCC1(CCCCCCCCCSCSCCCCC)OCC(CCOS(=O)(=O)c2ccc(C)cc2)O1. The monoisotopic (exact) mass is 795 g/mol. The van der Waals surface area contributed by atoms with E-state index < -0.39 is 15.9 Å². The molecule has 2 atom stereocenters. The van der Waals surface area contributed by atoms with Crippen molar-refractivity contribution in [1.82, 2.24) is 0 Å². The van der Waals surface area contributed by atoms with Crippen LogP contribution < -0.4 is 0 Å². The maximum Gasteiger partial charge on any atom is 0.296 e. The van der Waals surface area contributed by atoms with E-state index in [-0.39, 0.29) is 17.6 Å². The zero-order valence-electron chi connectivity index (χ0n) is 34.2. The molecule has 0 bridgehead atoms. The molecule has 1 saturated heterocycles. The molecular formula is C45H78O5S3. The summed E-state index contributed by atoms with van der Waals surface area (Å²) >= 11 is 4.22. The summed E-state index contributed by atoms with van der Waals surface area (Å²) in [5.74, 6) is 2.08. The third-order valence-electron chi connectivity index (χ3n) is 10.1. The molecule has 0 N–H and O–H groups in total. The second kappa shape index (κ2) is 32.3. The van der Waals surface area contributed by atoms with Crippen LogP contribution in [0.15, 0.2) is 53.5 Å². The summed E-state index contributed by atoms with van der Waals surface area (Å²) in [5, 5.41) is 1.26. The average Bonchev–Trinajstić information content (AvgIpc) is 3.55. The van der Waals surface area contributed by atoms with E-state index in [2.05, 4.69) is 61.7 Å². The Hall–Kier alpha value is -0.770. The molecule has 53 heavy (non-hydrogen) atoms. The third-order valence-corrected chi connectivity index (χ3v) is 13.9. The minimum atomic E-state index is -3.78. The van der Waals surface area contributed by atoms with E-state index in [4.69, 9.17) is 13.7 Å². The number of thioether (sulfide) groups is 2. The van der Waals surface area contributed by atoms with Gasteiger partial charge in [0.15, 0.2) is 5.79 Å². The van der Waals surface area contributed by atoms with Crippen molar-refractivity contribution in [3.8, 4) is 0 Å². The largest absolute Gasteiger partial charge is 0.347 e. The number of unbranched alkanes of at least 4 members (excludes halogenated alkanes) is 17. The Bertz CT molecular complexity index is 1150. The summed E-state index contributed by atoms with van der Waals surface area (Å²) in [5.41, 5.74) is 1.02. The second-order valence-electron chi connectivity index (χ2n) is 15.0. The smallest absolute Gasteiger partial charge is 0.296 e. The number of benzene rings is 1. The minimum Gasteiger partial charge on any atom is -0.347 e. The molecule has 306 valence electrons. The lowest BCUT2D eigenvalue weighted by Crippen LogP contribution is -2.31. The highest BCUT2D eigenvalue weighted by Crippen LogP contribution is 2.36. The molecule has 0 saturated carbocycles. The van der Waals surface area contributed by atoms with E-state index >= 15 is 0 Å². The number of rotatable bonds is 36. The number of aryl methyl sites for hydroxylation is 1. The van der Waals surface area contributed by atoms with E-state index in [0.29, 0.717) is 13.0 Å². The topological polar surface area (TPSA) is 61.8 Å². The number of ether oxygens (including phenoxy) is 2. The third kappa shape index (κ3) is 25.2. The van der Waals surface area contributed by atoms with Gasteiger partial charge in [0, 0.05) is 24.3 Å². The first-order valence-electron chi connectivity index (χ1n) is 21.6. The zero-order valence-corrected chi connectivity index (χ0v) is 36.6. The summed E-state index contributed by atoms with van der Waals surface area (Å²) in [6.45, 7) is 7.07. The molecule has 0 aromatic heterocycles. The lowest BCUT2D eigenvalue weighted by atomic mass is 9.98. The Morgan fingerprint density at radius 3 is 1.81 bits per heavy atom. The fraction of sp³-hybridized carbons (Fsp3) is 0.778. The number of hydrogen-bond acceptors (Lipinski definition) is 7. The maximum atomic E-state index is 12.7. The molecule has 0 spiro atoms. The first-order valence-corrected chi connectivity index (χ1v) is 25.4. The predicted molar refractivity (Wildman–Crippen MR) is 233 cm³/mol. The van der Waals surface area contributed by atoms with Crippen LogP contribution in [0.25, 0.3) is 0 Å². The quantitative estimate of drug-likeness (QED) is 0.0290. The van der Waals surface area contributed by atoms with Gasteiger partial charge >= 0.3 is 0 Å². The molecule has 2 unspecified atom stereocenters. The fourth-order valence-corrected chi connectivity index (χ4v) is 9.86. The Labute approximate surface area is 336 Å². The standard InChI is InChI=1S/C45H78O5S3/c1-4-6-8-9-10-11-12-13-14-15-16-17-18-20-23-26-35-45(36-27-24-21-19-22-25-29-39-52-41-51-38-28-7-5-2)48-40-43(50-45)34-37-49-53(46,47)44-32-30-42(3)31-33-44/h10-11,13-14,30-33,43H,4-9,12,15-29,34-41H2,1-3H3/b11-10-,14-13-. The van der Waals surface area contributed by atoms with E-state index in [9.17, 15) is 8.42 Å². The maximum absolute atomic E-state index is 12.7. The Morgan fingerprint density at radius 2 is 1.21 bits per heavy atom. The molecule has 8 heteroatoms. The molecule has 1 aromatic rings. The van der Waals surface area contributed by atoms with Crippen molar-refractivity contribution in [2.45, 2.75) is 198 Å². The van der Waals surface area contributed by atoms with Crippen molar-refractivity contribution in [2.24, 2.45) is 0 Å². The van der Waals surface area contributed by atoms with Gasteiger partial charge in [0.2, 0.25) is 0 Å². The summed E-state index contributed by atoms with van der Waals surface area (Å²) in [6.07, 6.45) is 39.3.